The number of hydrogen-bond donors (Lipinski definition) is 4. The SMILES string of the molecule is OC[C@H]1O[C@@H](n2ccc3ccc(Cl)cc32)[C@H](O)[C@@H](O)[C@@H]1O. The Morgan fingerprint density at radius 1 is 1.10 bits per heavy atom. The molecule has 6 nitrogen and oxygen atoms in total. The molecule has 4 N–H and O–H groups in total. The predicted octanol–water partition coefficient (Wildman–Crippen LogP) is 0.267. The standard InChI is InChI=1S/C14H16ClNO5/c15-8-2-1-7-3-4-16(9(7)5-8)14-13(20)12(19)11(18)10(6-17)21-14/h1-5,10-14,17-20H,6H2/t10-,11-,12+,13-,14-/m1/s1. The monoisotopic (exact) mass is 313 g/mol. The summed E-state index contributed by atoms with van der Waals surface area (Å²) in [5.74, 6) is 0. The van der Waals surface area contributed by atoms with Crippen molar-refractivity contribution in [2.45, 2.75) is 30.6 Å². The maximum Gasteiger partial charge on any atom is 0.163 e. The highest BCUT2D eigenvalue weighted by Crippen LogP contribution is 2.32. The van der Waals surface area contributed by atoms with Crippen LogP contribution in [0.1, 0.15) is 6.23 Å². The minimum atomic E-state index is -1.41. The highest BCUT2D eigenvalue weighted by Gasteiger charge is 2.44. The molecule has 0 bridgehead atoms. The number of benzene rings is 1. The van der Waals surface area contributed by atoms with E-state index in [-0.39, 0.29) is 0 Å². The molecule has 0 amide bonds. The van der Waals surface area contributed by atoms with E-state index in [0.717, 1.165) is 10.9 Å². The quantitative estimate of drug-likeness (QED) is 0.638. The number of hydrogen-bond acceptors (Lipinski definition) is 5. The van der Waals surface area contributed by atoms with Gasteiger partial charge < -0.3 is 29.7 Å². The highest BCUT2D eigenvalue weighted by atomic mass is 35.5. The van der Waals surface area contributed by atoms with Crippen LogP contribution in [0.4, 0.5) is 0 Å². The summed E-state index contributed by atoms with van der Waals surface area (Å²) in [4.78, 5) is 0. The molecule has 0 aliphatic carbocycles. The van der Waals surface area contributed by atoms with E-state index in [2.05, 4.69) is 0 Å². The number of aliphatic hydroxyl groups is 4. The number of ether oxygens (including phenoxy) is 1. The Bertz CT molecular complexity index is 643. The van der Waals surface area contributed by atoms with Gasteiger partial charge in [0.15, 0.2) is 6.23 Å². The van der Waals surface area contributed by atoms with Crippen LogP contribution in [0.2, 0.25) is 5.02 Å². The molecule has 5 atom stereocenters. The van der Waals surface area contributed by atoms with Crippen molar-refractivity contribution in [1.82, 2.24) is 4.57 Å². The topological polar surface area (TPSA) is 95.1 Å². The van der Waals surface area contributed by atoms with Crippen LogP contribution in [0.15, 0.2) is 30.5 Å². The zero-order valence-electron chi connectivity index (χ0n) is 11.0. The molecule has 2 aromatic rings. The van der Waals surface area contributed by atoms with Crippen LogP contribution in [0, 0.1) is 0 Å². The smallest absolute Gasteiger partial charge is 0.163 e. The van der Waals surface area contributed by atoms with Gasteiger partial charge in [0, 0.05) is 11.2 Å². The van der Waals surface area contributed by atoms with Crippen LogP contribution in [-0.2, 0) is 4.74 Å². The zero-order valence-corrected chi connectivity index (χ0v) is 11.8. The Morgan fingerprint density at radius 3 is 2.57 bits per heavy atom. The zero-order chi connectivity index (χ0) is 15.1. The van der Waals surface area contributed by atoms with Crippen molar-refractivity contribution in [2.75, 3.05) is 6.61 Å². The van der Waals surface area contributed by atoms with Crippen LogP contribution in [0.5, 0.6) is 0 Å². The van der Waals surface area contributed by atoms with Gasteiger partial charge in [-0.3, -0.25) is 0 Å². The van der Waals surface area contributed by atoms with Crippen molar-refractivity contribution in [3.05, 3.63) is 35.5 Å². The molecule has 21 heavy (non-hydrogen) atoms. The number of halogens is 1. The summed E-state index contributed by atoms with van der Waals surface area (Å²) in [5.41, 5.74) is 0.729. The molecule has 0 radical (unpaired) electrons. The van der Waals surface area contributed by atoms with Gasteiger partial charge in [-0.15, -0.1) is 0 Å². The summed E-state index contributed by atoms with van der Waals surface area (Å²) in [7, 11) is 0. The lowest BCUT2D eigenvalue weighted by molar-refractivity contribution is -0.250. The van der Waals surface area contributed by atoms with Crippen molar-refractivity contribution in [3.8, 4) is 0 Å². The molecule has 1 aromatic heterocycles. The molecule has 1 saturated heterocycles. The molecule has 1 fully saturated rings. The molecular weight excluding hydrogens is 298 g/mol. The second-order valence-corrected chi connectivity index (χ2v) is 5.58. The molecule has 0 saturated carbocycles. The van der Waals surface area contributed by atoms with E-state index >= 15 is 0 Å². The third-order valence-electron chi connectivity index (χ3n) is 3.83. The van der Waals surface area contributed by atoms with Crippen molar-refractivity contribution in [2.24, 2.45) is 0 Å². The van der Waals surface area contributed by atoms with Gasteiger partial charge in [0.25, 0.3) is 0 Å². The minimum Gasteiger partial charge on any atom is -0.394 e. The van der Waals surface area contributed by atoms with Gasteiger partial charge in [0.1, 0.15) is 24.4 Å². The van der Waals surface area contributed by atoms with Gasteiger partial charge >= 0.3 is 0 Å². The Labute approximate surface area is 125 Å². The first-order chi connectivity index (χ1) is 10.0. The third-order valence-corrected chi connectivity index (χ3v) is 4.06. The lowest BCUT2D eigenvalue weighted by Gasteiger charge is -2.40. The average molecular weight is 314 g/mol. The van der Waals surface area contributed by atoms with E-state index in [1.165, 1.54) is 0 Å². The summed E-state index contributed by atoms with van der Waals surface area (Å²) in [6.45, 7) is -0.457. The van der Waals surface area contributed by atoms with Gasteiger partial charge in [-0.1, -0.05) is 17.7 Å². The minimum absolute atomic E-state index is 0.457. The van der Waals surface area contributed by atoms with Gasteiger partial charge in [-0.2, -0.15) is 0 Å². The molecule has 1 aromatic carbocycles. The Kier molecular flexibility index (Phi) is 3.92. The second kappa shape index (κ2) is 5.57. The first-order valence-electron chi connectivity index (χ1n) is 6.59. The number of aliphatic hydroxyl groups excluding tert-OH is 4. The highest BCUT2D eigenvalue weighted by molar-refractivity contribution is 6.31. The van der Waals surface area contributed by atoms with Crippen LogP contribution in [0.3, 0.4) is 0 Å². The van der Waals surface area contributed by atoms with Crippen LogP contribution in [-0.4, -0.2) is 56.0 Å². The van der Waals surface area contributed by atoms with Crippen LogP contribution >= 0.6 is 11.6 Å². The number of rotatable bonds is 2. The van der Waals surface area contributed by atoms with Gasteiger partial charge in [0.2, 0.25) is 0 Å². The summed E-state index contributed by atoms with van der Waals surface area (Å²) in [5, 5.41) is 40.5. The molecule has 3 rings (SSSR count). The maximum atomic E-state index is 10.2. The van der Waals surface area contributed by atoms with Gasteiger partial charge in [-0.05, 0) is 23.6 Å². The van der Waals surface area contributed by atoms with Gasteiger partial charge in [-0.25, -0.2) is 0 Å². The summed E-state index contributed by atoms with van der Waals surface area (Å²) in [6, 6.07) is 7.13. The Balaban J connectivity index is 2.02. The summed E-state index contributed by atoms with van der Waals surface area (Å²) >= 11 is 5.98. The second-order valence-electron chi connectivity index (χ2n) is 5.15. The normalized spacial score (nSPS) is 33.5. The van der Waals surface area contributed by atoms with Crippen molar-refractivity contribution < 1.29 is 25.2 Å². The molecule has 0 spiro atoms. The predicted molar refractivity (Wildman–Crippen MR) is 76.0 cm³/mol. The lowest BCUT2D eigenvalue weighted by Crippen LogP contribution is -2.56. The molecule has 1 aliphatic rings. The van der Waals surface area contributed by atoms with E-state index < -0.39 is 37.3 Å². The fraction of sp³-hybridized carbons (Fsp3) is 0.429. The molecule has 1 aliphatic heterocycles. The third kappa shape index (κ3) is 2.44. The summed E-state index contributed by atoms with van der Waals surface area (Å²) < 4.78 is 7.16. The van der Waals surface area contributed by atoms with Gasteiger partial charge in [0.05, 0.1) is 12.1 Å². The first-order valence-corrected chi connectivity index (χ1v) is 6.97. The molecule has 2 heterocycles. The van der Waals surface area contributed by atoms with Crippen LogP contribution < -0.4 is 0 Å². The summed E-state index contributed by atoms with van der Waals surface area (Å²) in [6.07, 6.45) is -4.25. The average Bonchev–Trinajstić information content (AvgIpc) is 2.88. The van der Waals surface area contributed by atoms with E-state index in [1.54, 1.807) is 22.9 Å². The fourth-order valence-corrected chi connectivity index (χ4v) is 2.82. The molecule has 7 heteroatoms. The van der Waals surface area contributed by atoms with Crippen molar-refractivity contribution in [1.29, 1.82) is 0 Å². The Hall–Kier alpha value is -1.15. The molecule has 0 unspecified atom stereocenters. The maximum absolute atomic E-state index is 10.2. The van der Waals surface area contributed by atoms with Crippen LogP contribution in [0.25, 0.3) is 10.9 Å². The number of aromatic nitrogens is 1. The largest absolute Gasteiger partial charge is 0.394 e. The molecule has 114 valence electrons. The van der Waals surface area contributed by atoms with E-state index in [4.69, 9.17) is 16.3 Å². The number of fused-ring (bicyclic) bond motifs is 1. The Morgan fingerprint density at radius 2 is 1.86 bits per heavy atom. The fourth-order valence-electron chi connectivity index (χ4n) is 2.66. The molecular formula is C14H16ClNO5. The lowest BCUT2D eigenvalue weighted by atomic mass is 9.98. The van der Waals surface area contributed by atoms with Crippen molar-refractivity contribution in [3.63, 3.8) is 0 Å². The van der Waals surface area contributed by atoms with E-state index in [9.17, 15) is 20.4 Å². The van der Waals surface area contributed by atoms with E-state index in [1.807, 2.05) is 12.1 Å². The number of nitrogens with zero attached hydrogens (tertiary/aromatic N) is 1. The van der Waals surface area contributed by atoms with Crippen molar-refractivity contribution >= 4 is 22.5 Å². The van der Waals surface area contributed by atoms with E-state index in [0.29, 0.717) is 5.02 Å². The first kappa shape index (κ1) is 14.8.